The second kappa shape index (κ2) is 5.40. The monoisotopic (exact) mass is 297 g/mol. The van der Waals surface area contributed by atoms with Crippen LogP contribution in [-0.2, 0) is 6.61 Å². The summed E-state index contributed by atoms with van der Waals surface area (Å²) in [6.07, 6.45) is 3.76. The number of hydrogen-bond acceptors (Lipinski definition) is 2. The molecule has 0 radical (unpaired) electrons. The normalized spacial score (nSPS) is 24.4. The van der Waals surface area contributed by atoms with Crippen molar-refractivity contribution in [2.75, 3.05) is 4.90 Å². The quantitative estimate of drug-likeness (QED) is 0.919. The molecule has 2 rings (SSSR count). The SMILES string of the molecule is CCC1CCC(C)N1c1ccc(CO)c(Br)c1. The Balaban J connectivity index is 2.29. The topological polar surface area (TPSA) is 23.5 Å². The molecule has 1 aromatic rings. The summed E-state index contributed by atoms with van der Waals surface area (Å²) in [6.45, 7) is 4.64. The number of aliphatic hydroxyl groups excluding tert-OH is 1. The number of hydrogen-bond donors (Lipinski definition) is 1. The lowest BCUT2D eigenvalue weighted by Gasteiger charge is -2.30. The number of aliphatic hydroxyl groups is 1. The Morgan fingerprint density at radius 1 is 1.41 bits per heavy atom. The third-order valence-electron chi connectivity index (χ3n) is 3.76. The van der Waals surface area contributed by atoms with E-state index < -0.39 is 0 Å². The molecule has 2 unspecified atom stereocenters. The smallest absolute Gasteiger partial charge is 0.0692 e. The lowest BCUT2D eigenvalue weighted by Crippen LogP contribution is -2.34. The first kappa shape index (κ1) is 12.9. The van der Waals surface area contributed by atoms with Crippen molar-refractivity contribution in [3.63, 3.8) is 0 Å². The minimum absolute atomic E-state index is 0.0909. The van der Waals surface area contributed by atoms with Gasteiger partial charge in [0.25, 0.3) is 0 Å². The highest BCUT2D eigenvalue weighted by atomic mass is 79.9. The van der Waals surface area contributed by atoms with Crippen LogP contribution in [0.3, 0.4) is 0 Å². The summed E-state index contributed by atoms with van der Waals surface area (Å²) in [5.74, 6) is 0. The molecule has 2 nitrogen and oxygen atoms in total. The molecule has 1 saturated heterocycles. The van der Waals surface area contributed by atoms with E-state index in [4.69, 9.17) is 0 Å². The molecule has 1 N–H and O–H groups in total. The van der Waals surface area contributed by atoms with Gasteiger partial charge in [-0.15, -0.1) is 0 Å². The van der Waals surface area contributed by atoms with Crippen LogP contribution in [0.4, 0.5) is 5.69 Å². The fourth-order valence-corrected chi connectivity index (χ4v) is 3.25. The highest BCUT2D eigenvalue weighted by Crippen LogP contribution is 2.34. The molecule has 0 amide bonds. The molecule has 3 heteroatoms. The lowest BCUT2D eigenvalue weighted by molar-refractivity contribution is 0.281. The molecule has 1 heterocycles. The van der Waals surface area contributed by atoms with Crippen LogP contribution in [0.5, 0.6) is 0 Å². The number of rotatable bonds is 3. The molecule has 17 heavy (non-hydrogen) atoms. The second-order valence-electron chi connectivity index (χ2n) is 4.83. The summed E-state index contributed by atoms with van der Waals surface area (Å²) in [7, 11) is 0. The molecular weight excluding hydrogens is 278 g/mol. The Morgan fingerprint density at radius 2 is 2.18 bits per heavy atom. The van der Waals surface area contributed by atoms with Crippen molar-refractivity contribution in [1.82, 2.24) is 0 Å². The summed E-state index contributed by atoms with van der Waals surface area (Å²) in [5.41, 5.74) is 2.22. The van der Waals surface area contributed by atoms with Crippen molar-refractivity contribution >= 4 is 21.6 Å². The minimum atomic E-state index is 0.0909. The van der Waals surface area contributed by atoms with E-state index in [0.29, 0.717) is 12.1 Å². The van der Waals surface area contributed by atoms with Crippen LogP contribution in [0.25, 0.3) is 0 Å². The average Bonchev–Trinajstić information content (AvgIpc) is 2.70. The van der Waals surface area contributed by atoms with Gasteiger partial charge in [0.1, 0.15) is 0 Å². The molecular formula is C14H20BrNO. The van der Waals surface area contributed by atoms with Crippen LogP contribution in [0.1, 0.15) is 38.7 Å². The van der Waals surface area contributed by atoms with Gasteiger partial charge in [0.2, 0.25) is 0 Å². The van der Waals surface area contributed by atoms with Crippen molar-refractivity contribution < 1.29 is 5.11 Å². The Kier molecular flexibility index (Phi) is 4.10. The molecule has 1 fully saturated rings. The van der Waals surface area contributed by atoms with Crippen LogP contribution in [0.2, 0.25) is 0 Å². The van der Waals surface area contributed by atoms with Crippen LogP contribution < -0.4 is 4.90 Å². The van der Waals surface area contributed by atoms with E-state index in [2.05, 4.69) is 46.8 Å². The number of benzene rings is 1. The van der Waals surface area contributed by atoms with Gasteiger partial charge >= 0.3 is 0 Å². The fraction of sp³-hybridized carbons (Fsp3) is 0.571. The molecule has 94 valence electrons. The number of anilines is 1. The Hall–Kier alpha value is -0.540. The molecule has 2 atom stereocenters. The molecule has 0 aromatic heterocycles. The van der Waals surface area contributed by atoms with E-state index in [1.165, 1.54) is 24.9 Å². The second-order valence-corrected chi connectivity index (χ2v) is 5.68. The van der Waals surface area contributed by atoms with E-state index in [-0.39, 0.29) is 6.61 Å². The maximum Gasteiger partial charge on any atom is 0.0692 e. The van der Waals surface area contributed by atoms with Crippen LogP contribution in [0, 0.1) is 0 Å². The summed E-state index contributed by atoms with van der Waals surface area (Å²) >= 11 is 3.53. The molecule has 0 bridgehead atoms. The number of nitrogens with zero attached hydrogens (tertiary/aromatic N) is 1. The Bertz CT molecular complexity index is 394. The van der Waals surface area contributed by atoms with E-state index in [9.17, 15) is 5.11 Å². The lowest BCUT2D eigenvalue weighted by atomic mass is 10.1. The predicted octanol–water partition coefficient (Wildman–Crippen LogP) is 3.71. The first-order chi connectivity index (χ1) is 8.17. The molecule has 0 saturated carbocycles. The van der Waals surface area contributed by atoms with Gasteiger partial charge in [-0.25, -0.2) is 0 Å². The van der Waals surface area contributed by atoms with Crippen molar-refractivity contribution in [3.8, 4) is 0 Å². The largest absolute Gasteiger partial charge is 0.392 e. The highest BCUT2D eigenvalue weighted by Gasteiger charge is 2.29. The van der Waals surface area contributed by atoms with Crippen LogP contribution in [0.15, 0.2) is 22.7 Å². The fourth-order valence-electron chi connectivity index (χ4n) is 2.76. The van der Waals surface area contributed by atoms with E-state index in [0.717, 1.165) is 10.0 Å². The zero-order valence-corrected chi connectivity index (χ0v) is 12.1. The van der Waals surface area contributed by atoms with Crippen molar-refractivity contribution in [2.45, 2.75) is 51.8 Å². The molecule has 0 spiro atoms. The molecule has 1 aliphatic rings. The van der Waals surface area contributed by atoms with Gasteiger partial charge in [-0.2, -0.15) is 0 Å². The highest BCUT2D eigenvalue weighted by molar-refractivity contribution is 9.10. The first-order valence-electron chi connectivity index (χ1n) is 6.35. The van der Waals surface area contributed by atoms with Crippen molar-refractivity contribution in [2.24, 2.45) is 0 Å². The van der Waals surface area contributed by atoms with Crippen LogP contribution >= 0.6 is 15.9 Å². The van der Waals surface area contributed by atoms with Gasteiger partial charge in [0.15, 0.2) is 0 Å². The van der Waals surface area contributed by atoms with Crippen LogP contribution in [-0.4, -0.2) is 17.2 Å². The summed E-state index contributed by atoms with van der Waals surface area (Å²) in [6, 6.07) is 7.55. The summed E-state index contributed by atoms with van der Waals surface area (Å²) in [4.78, 5) is 2.52. The first-order valence-corrected chi connectivity index (χ1v) is 7.14. The maximum absolute atomic E-state index is 9.18. The Morgan fingerprint density at radius 3 is 2.76 bits per heavy atom. The number of halogens is 1. The molecule has 0 aliphatic carbocycles. The van der Waals surface area contributed by atoms with Gasteiger partial charge < -0.3 is 10.0 Å². The standard InChI is InChI=1S/C14H20BrNO/c1-3-12-6-4-10(2)16(12)13-7-5-11(9-17)14(15)8-13/h5,7-8,10,12,17H,3-4,6,9H2,1-2H3. The van der Waals surface area contributed by atoms with Gasteiger partial charge in [-0.1, -0.05) is 28.9 Å². The van der Waals surface area contributed by atoms with E-state index in [1.807, 2.05) is 6.07 Å². The van der Waals surface area contributed by atoms with Gasteiger partial charge in [-0.3, -0.25) is 0 Å². The maximum atomic E-state index is 9.18. The van der Waals surface area contributed by atoms with Gasteiger partial charge in [-0.05, 0) is 43.9 Å². The van der Waals surface area contributed by atoms with Gasteiger partial charge in [0, 0.05) is 22.2 Å². The zero-order chi connectivity index (χ0) is 12.4. The molecule has 1 aliphatic heterocycles. The minimum Gasteiger partial charge on any atom is -0.392 e. The Labute approximate surface area is 112 Å². The predicted molar refractivity (Wildman–Crippen MR) is 75.3 cm³/mol. The summed E-state index contributed by atoms with van der Waals surface area (Å²) in [5, 5.41) is 9.18. The van der Waals surface area contributed by atoms with Crippen molar-refractivity contribution in [3.05, 3.63) is 28.2 Å². The third kappa shape index (κ3) is 2.50. The van der Waals surface area contributed by atoms with Gasteiger partial charge in [0.05, 0.1) is 6.61 Å². The van der Waals surface area contributed by atoms with E-state index in [1.54, 1.807) is 0 Å². The zero-order valence-electron chi connectivity index (χ0n) is 10.5. The summed E-state index contributed by atoms with van der Waals surface area (Å²) < 4.78 is 1.01. The van der Waals surface area contributed by atoms with E-state index >= 15 is 0 Å². The van der Waals surface area contributed by atoms with Crippen molar-refractivity contribution in [1.29, 1.82) is 0 Å². The molecule has 1 aromatic carbocycles. The average molecular weight is 298 g/mol. The third-order valence-corrected chi connectivity index (χ3v) is 4.50.